The number of carbonyl (C=O) groups is 1. The van der Waals surface area contributed by atoms with Crippen molar-refractivity contribution in [3.05, 3.63) is 59.9 Å². The lowest BCUT2D eigenvalue weighted by Crippen LogP contribution is -2.49. The molecule has 2 aliphatic heterocycles. The maximum atomic E-state index is 13.1. The molecule has 0 N–H and O–H groups in total. The summed E-state index contributed by atoms with van der Waals surface area (Å²) in [6.45, 7) is 10.7. The van der Waals surface area contributed by atoms with Crippen LogP contribution in [0.1, 0.15) is 91.4 Å². The highest BCUT2D eigenvalue weighted by atomic mass is 16.2. The number of carbonyl (C=O) groups excluding carboxylic acids is 1. The van der Waals surface area contributed by atoms with Gasteiger partial charge in [-0.25, -0.2) is 0 Å². The topological polar surface area (TPSA) is 35.9 Å². The van der Waals surface area contributed by atoms with Gasteiger partial charge in [-0.05, 0) is 82.3 Å². The Balaban J connectivity index is 0.000000272. The van der Waals surface area contributed by atoms with E-state index in [1.165, 1.54) is 18.4 Å². The summed E-state index contributed by atoms with van der Waals surface area (Å²) < 4.78 is 0. The Hall–Kier alpha value is -2.64. The van der Waals surface area contributed by atoms with Crippen molar-refractivity contribution in [3.8, 4) is 11.8 Å². The van der Waals surface area contributed by atoms with Gasteiger partial charge in [0.1, 0.15) is 0 Å². The smallest absolute Gasteiger partial charge is 0.225 e. The molecule has 212 valence electrons. The van der Waals surface area contributed by atoms with E-state index in [2.05, 4.69) is 89.9 Å². The fourth-order valence-corrected chi connectivity index (χ4v) is 5.74. The summed E-state index contributed by atoms with van der Waals surface area (Å²) >= 11 is 0. The van der Waals surface area contributed by atoms with Crippen LogP contribution in [0.5, 0.6) is 0 Å². The first-order valence-electron chi connectivity index (χ1n) is 15.5. The van der Waals surface area contributed by atoms with Crippen molar-refractivity contribution in [1.29, 1.82) is 0 Å². The van der Waals surface area contributed by atoms with Crippen molar-refractivity contribution in [2.24, 2.45) is 16.8 Å². The number of nitrogens with zero attached hydrogens (tertiary/aromatic N) is 3. The molecule has 4 heteroatoms. The molecule has 4 rings (SSSR count). The number of rotatable bonds is 6. The third-order valence-electron chi connectivity index (χ3n) is 8.18. The van der Waals surface area contributed by atoms with Crippen molar-refractivity contribution in [2.45, 2.75) is 97.4 Å². The molecule has 0 atom stereocenters. The molecule has 0 spiro atoms. The number of hydrogen-bond donors (Lipinski definition) is 0. The number of aliphatic imine (C=N–C) groups is 1. The SMILES string of the molecule is CCCC#CC1=CC/C=C\C/C=C\1.CCN(C(=O)C1CCC(C)CC1)C1CCN(CC2=CCC=NC=C2)CC1. The second kappa shape index (κ2) is 17.9. The Kier molecular flexibility index (Phi) is 14.1. The third kappa shape index (κ3) is 11.2. The van der Waals surface area contributed by atoms with Crippen LogP contribution in [0, 0.1) is 23.7 Å². The van der Waals surface area contributed by atoms with Gasteiger partial charge in [0.2, 0.25) is 5.91 Å². The fraction of sp³-hybridized carbons (Fsp3) is 0.600. The standard InChI is InChI=1S/C22H35N3O.C13H16/c1-3-25(22(26)20-8-6-18(2)7-9-20)21-11-15-24(16-12-21)17-19-5-4-13-23-14-10-19;1-2-3-7-10-13-11-8-5-4-6-9-12-13/h5,10,13-14,18,20-21H,3-4,6-9,11-12,15-17H2,1-2H3;4-5,9,11-12H,2-3,6,8H2,1H3/b;5-4-,12-9-,13-11?. The summed E-state index contributed by atoms with van der Waals surface area (Å²) in [6.07, 6.45) is 31.0. The highest BCUT2D eigenvalue weighted by molar-refractivity contribution is 5.79. The first kappa shape index (κ1) is 30.9. The van der Waals surface area contributed by atoms with Crippen molar-refractivity contribution in [1.82, 2.24) is 9.80 Å². The summed E-state index contributed by atoms with van der Waals surface area (Å²) in [5.41, 5.74) is 2.53. The predicted octanol–water partition coefficient (Wildman–Crippen LogP) is 7.66. The number of unbranched alkanes of at least 4 members (excludes halogenated alkanes) is 1. The lowest BCUT2D eigenvalue weighted by molar-refractivity contribution is -0.140. The van der Waals surface area contributed by atoms with E-state index in [1.54, 1.807) is 0 Å². The van der Waals surface area contributed by atoms with Crippen molar-refractivity contribution in [2.75, 3.05) is 26.2 Å². The van der Waals surface area contributed by atoms with Gasteiger partial charge in [0.15, 0.2) is 0 Å². The van der Waals surface area contributed by atoms with Gasteiger partial charge in [0.25, 0.3) is 0 Å². The molecule has 0 aromatic rings. The Morgan fingerprint density at radius 3 is 2.49 bits per heavy atom. The van der Waals surface area contributed by atoms with E-state index in [1.807, 2.05) is 12.4 Å². The molecule has 0 unspecified atom stereocenters. The molecular formula is C35H51N3O. The molecule has 0 radical (unpaired) electrons. The zero-order valence-corrected chi connectivity index (χ0v) is 24.8. The maximum Gasteiger partial charge on any atom is 0.225 e. The van der Waals surface area contributed by atoms with E-state index in [9.17, 15) is 4.79 Å². The molecular weight excluding hydrogens is 478 g/mol. The molecule has 1 saturated carbocycles. The van der Waals surface area contributed by atoms with Crippen LogP contribution in [0.3, 0.4) is 0 Å². The molecule has 0 aromatic carbocycles. The Morgan fingerprint density at radius 2 is 1.74 bits per heavy atom. The number of amides is 1. The normalized spacial score (nSPS) is 25.3. The van der Waals surface area contributed by atoms with Crippen LogP contribution in [0.25, 0.3) is 0 Å². The predicted molar refractivity (Wildman–Crippen MR) is 167 cm³/mol. The highest BCUT2D eigenvalue weighted by Crippen LogP contribution is 2.31. The van der Waals surface area contributed by atoms with Crippen LogP contribution < -0.4 is 0 Å². The van der Waals surface area contributed by atoms with Gasteiger partial charge in [-0.2, -0.15) is 0 Å². The van der Waals surface area contributed by atoms with E-state index < -0.39 is 0 Å². The molecule has 2 fully saturated rings. The van der Waals surface area contributed by atoms with E-state index in [0.29, 0.717) is 11.9 Å². The van der Waals surface area contributed by atoms with Gasteiger partial charge in [-0.15, -0.1) is 0 Å². The largest absolute Gasteiger partial charge is 0.340 e. The molecule has 4 nitrogen and oxygen atoms in total. The Bertz CT molecular complexity index is 987. The number of piperidine rings is 1. The minimum atomic E-state index is 0.283. The molecule has 4 aliphatic rings. The quantitative estimate of drug-likeness (QED) is 0.261. The Morgan fingerprint density at radius 1 is 0.974 bits per heavy atom. The summed E-state index contributed by atoms with van der Waals surface area (Å²) in [5.74, 6) is 7.86. The van der Waals surface area contributed by atoms with Crippen LogP contribution in [0.2, 0.25) is 0 Å². The molecule has 0 bridgehead atoms. The summed E-state index contributed by atoms with van der Waals surface area (Å²) in [5, 5.41) is 0. The van der Waals surface area contributed by atoms with Crippen molar-refractivity contribution < 1.29 is 4.79 Å². The van der Waals surface area contributed by atoms with Crippen LogP contribution in [-0.4, -0.2) is 54.1 Å². The average Bonchev–Trinajstić information content (AvgIpc) is 3.21. The second-order valence-corrected chi connectivity index (χ2v) is 11.3. The van der Waals surface area contributed by atoms with E-state index in [-0.39, 0.29) is 5.92 Å². The second-order valence-electron chi connectivity index (χ2n) is 11.3. The lowest BCUT2D eigenvalue weighted by atomic mass is 9.82. The third-order valence-corrected chi connectivity index (χ3v) is 8.18. The van der Waals surface area contributed by atoms with Gasteiger partial charge < -0.3 is 4.90 Å². The monoisotopic (exact) mass is 529 g/mol. The van der Waals surface area contributed by atoms with Crippen LogP contribution in [0.4, 0.5) is 0 Å². The van der Waals surface area contributed by atoms with Gasteiger partial charge in [-0.3, -0.25) is 14.7 Å². The minimum Gasteiger partial charge on any atom is -0.340 e. The van der Waals surface area contributed by atoms with Gasteiger partial charge >= 0.3 is 0 Å². The summed E-state index contributed by atoms with van der Waals surface area (Å²) in [7, 11) is 0. The number of likely N-dealkylation sites (tertiary alicyclic amines) is 1. The zero-order chi connectivity index (χ0) is 27.7. The van der Waals surface area contributed by atoms with Crippen LogP contribution in [-0.2, 0) is 4.79 Å². The fourth-order valence-electron chi connectivity index (χ4n) is 5.74. The van der Waals surface area contributed by atoms with Crippen LogP contribution >= 0.6 is 0 Å². The lowest BCUT2D eigenvalue weighted by Gasteiger charge is -2.40. The molecule has 2 aliphatic carbocycles. The zero-order valence-electron chi connectivity index (χ0n) is 24.8. The molecule has 0 aromatic heterocycles. The number of hydrogen-bond acceptors (Lipinski definition) is 3. The summed E-state index contributed by atoms with van der Waals surface area (Å²) in [4.78, 5) is 22.0. The molecule has 1 saturated heterocycles. The minimum absolute atomic E-state index is 0.283. The maximum absolute atomic E-state index is 13.1. The van der Waals surface area contributed by atoms with E-state index in [4.69, 9.17) is 0 Å². The molecule has 2 heterocycles. The summed E-state index contributed by atoms with van der Waals surface area (Å²) in [6, 6.07) is 0.435. The van der Waals surface area contributed by atoms with Gasteiger partial charge in [0, 0.05) is 69.0 Å². The first-order chi connectivity index (χ1) is 19.1. The molecule has 39 heavy (non-hydrogen) atoms. The van der Waals surface area contributed by atoms with E-state index in [0.717, 1.165) is 95.5 Å². The Labute approximate surface area is 238 Å². The van der Waals surface area contributed by atoms with E-state index >= 15 is 0 Å². The van der Waals surface area contributed by atoms with Gasteiger partial charge in [-0.1, -0.05) is 62.1 Å². The van der Waals surface area contributed by atoms with Crippen molar-refractivity contribution >= 4 is 12.1 Å². The van der Waals surface area contributed by atoms with Gasteiger partial charge in [0.05, 0.1) is 0 Å². The molecule has 1 amide bonds. The van der Waals surface area contributed by atoms with Crippen LogP contribution in [0.15, 0.2) is 64.9 Å². The highest BCUT2D eigenvalue weighted by Gasteiger charge is 2.32. The first-order valence-corrected chi connectivity index (χ1v) is 15.5. The average molecular weight is 530 g/mol. The number of allylic oxidation sites excluding steroid dienone is 7. The van der Waals surface area contributed by atoms with Crippen molar-refractivity contribution in [3.63, 3.8) is 0 Å².